The molecule has 0 aliphatic heterocycles. The van der Waals surface area contributed by atoms with Crippen LogP contribution in [0.5, 0.6) is 0 Å². The van der Waals surface area contributed by atoms with Crippen molar-refractivity contribution < 1.29 is 13.5 Å². The van der Waals surface area contributed by atoms with Gasteiger partial charge in [-0.15, -0.1) is 11.3 Å². The third-order valence-corrected chi connectivity index (χ3v) is 7.31. The van der Waals surface area contributed by atoms with Crippen LogP contribution in [0.3, 0.4) is 0 Å². The van der Waals surface area contributed by atoms with Gasteiger partial charge in [-0.05, 0) is 58.3 Å². The van der Waals surface area contributed by atoms with Crippen LogP contribution < -0.4 is 4.72 Å². The molecule has 118 valence electrons. The van der Waals surface area contributed by atoms with Gasteiger partial charge in [0.25, 0.3) is 0 Å². The minimum atomic E-state index is -3.67. The zero-order valence-electron chi connectivity index (χ0n) is 11.7. The Hall–Kier alpha value is -0.730. The van der Waals surface area contributed by atoms with Crippen LogP contribution in [0.25, 0.3) is 0 Å². The number of benzene rings is 1. The second kappa shape index (κ2) is 6.05. The standard InChI is InChI=1S/C15H16BrNO3S2/c16-12-4-1-2-5-13(12)22(19,20)17-10-15(18,11-7-8-11)14-6-3-9-21-14/h1-6,9,11,17-18H,7-8,10H2/t15-/m0/s1. The normalized spacial score (nSPS) is 18.1. The van der Waals surface area contributed by atoms with E-state index in [1.807, 2.05) is 17.5 Å². The van der Waals surface area contributed by atoms with Crippen LogP contribution in [0.15, 0.2) is 51.1 Å². The molecule has 7 heteroatoms. The number of hydrogen-bond acceptors (Lipinski definition) is 4. The van der Waals surface area contributed by atoms with Crippen LogP contribution in [0.4, 0.5) is 0 Å². The number of thiophene rings is 1. The number of aliphatic hydroxyl groups is 1. The quantitative estimate of drug-likeness (QED) is 0.781. The molecule has 1 fully saturated rings. The predicted molar refractivity (Wildman–Crippen MR) is 90.3 cm³/mol. The molecule has 0 spiro atoms. The van der Waals surface area contributed by atoms with Gasteiger partial charge in [0.2, 0.25) is 10.0 Å². The van der Waals surface area contributed by atoms with Gasteiger partial charge in [-0.25, -0.2) is 13.1 Å². The van der Waals surface area contributed by atoms with Gasteiger partial charge in [-0.2, -0.15) is 0 Å². The van der Waals surface area contributed by atoms with E-state index < -0.39 is 15.6 Å². The largest absolute Gasteiger partial charge is 0.383 e. The molecular weight excluding hydrogens is 386 g/mol. The molecule has 2 N–H and O–H groups in total. The smallest absolute Gasteiger partial charge is 0.241 e. The first-order valence-electron chi connectivity index (χ1n) is 6.94. The monoisotopic (exact) mass is 401 g/mol. The van der Waals surface area contributed by atoms with Crippen molar-refractivity contribution in [3.8, 4) is 0 Å². The summed E-state index contributed by atoms with van der Waals surface area (Å²) in [5, 5.41) is 12.9. The Morgan fingerprint density at radius 1 is 1.27 bits per heavy atom. The maximum atomic E-state index is 12.5. The second-order valence-corrected chi connectivity index (χ2v) is 8.97. The molecule has 1 saturated carbocycles. The molecule has 1 heterocycles. The predicted octanol–water partition coefficient (Wildman–Crippen LogP) is 3.09. The summed E-state index contributed by atoms with van der Waals surface area (Å²) < 4.78 is 28.0. The lowest BCUT2D eigenvalue weighted by molar-refractivity contribution is 0.0222. The molecule has 22 heavy (non-hydrogen) atoms. The summed E-state index contributed by atoms with van der Waals surface area (Å²) in [7, 11) is -3.67. The van der Waals surface area contributed by atoms with E-state index in [2.05, 4.69) is 20.7 Å². The summed E-state index contributed by atoms with van der Waals surface area (Å²) in [5.74, 6) is 0.119. The van der Waals surface area contributed by atoms with Crippen LogP contribution in [0.2, 0.25) is 0 Å². The molecule has 1 aromatic heterocycles. The Labute approximate surface area is 142 Å². The van der Waals surface area contributed by atoms with Crippen molar-refractivity contribution in [2.75, 3.05) is 6.54 Å². The van der Waals surface area contributed by atoms with Gasteiger partial charge < -0.3 is 5.11 Å². The Balaban J connectivity index is 1.83. The van der Waals surface area contributed by atoms with Gasteiger partial charge in [0.15, 0.2) is 0 Å². The molecule has 0 saturated heterocycles. The highest BCUT2D eigenvalue weighted by molar-refractivity contribution is 9.10. The molecule has 1 aliphatic carbocycles. The van der Waals surface area contributed by atoms with E-state index in [4.69, 9.17) is 0 Å². The fourth-order valence-corrected chi connectivity index (χ4v) is 5.44. The Morgan fingerprint density at radius 2 is 2.00 bits per heavy atom. The number of rotatable bonds is 6. The lowest BCUT2D eigenvalue weighted by Gasteiger charge is -2.27. The van der Waals surface area contributed by atoms with Crippen molar-refractivity contribution in [3.63, 3.8) is 0 Å². The molecule has 0 unspecified atom stereocenters. The van der Waals surface area contributed by atoms with E-state index in [9.17, 15) is 13.5 Å². The number of halogens is 1. The fraction of sp³-hybridized carbons (Fsp3) is 0.333. The van der Waals surface area contributed by atoms with Crippen molar-refractivity contribution in [1.82, 2.24) is 4.72 Å². The first kappa shape index (κ1) is 16.1. The lowest BCUT2D eigenvalue weighted by atomic mass is 9.96. The molecule has 0 amide bonds. The van der Waals surface area contributed by atoms with Gasteiger partial charge in [0.05, 0.1) is 4.90 Å². The number of sulfonamides is 1. The zero-order chi connectivity index (χ0) is 15.8. The molecule has 4 nitrogen and oxygen atoms in total. The Bertz CT molecular complexity index is 757. The van der Waals surface area contributed by atoms with Crippen molar-refractivity contribution in [3.05, 3.63) is 51.1 Å². The van der Waals surface area contributed by atoms with E-state index in [0.29, 0.717) is 4.47 Å². The molecule has 1 aromatic carbocycles. The average Bonchev–Trinajstić information content (AvgIpc) is 3.20. The summed E-state index contributed by atoms with van der Waals surface area (Å²) in [6, 6.07) is 10.4. The molecule has 3 rings (SSSR count). The molecule has 0 radical (unpaired) electrons. The van der Waals surface area contributed by atoms with Gasteiger partial charge in [-0.1, -0.05) is 18.2 Å². The summed E-state index contributed by atoms with van der Waals surface area (Å²) >= 11 is 4.71. The number of hydrogen-bond donors (Lipinski definition) is 2. The molecule has 2 aromatic rings. The van der Waals surface area contributed by atoms with E-state index in [0.717, 1.165) is 17.7 Å². The van der Waals surface area contributed by atoms with E-state index in [-0.39, 0.29) is 17.4 Å². The zero-order valence-corrected chi connectivity index (χ0v) is 14.9. The second-order valence-electron chi connectivity index (χ2n) is 5.43. The van der Waals surface area contributed by atoms with Gasteiger partial charge in [-0.3, -0.25) is 0 Å². The third kappa shape index (κ3) is 3.14. The molecular formula is C15H16BrNO3S2. The maximum absolute atomic E-state index is 12.5. The third-order valence-electron chi connectivity index (χ3n) is 3.86. The maximum Gasteiger partial charge on any atom is 0.241 e. The highest BCUT2D eigenvalue weighted by Gasteiger charge is 2.46. The summed E-state index contributed by atoms with van der Waals surface area (Å²) in [4.78, 5) is 0.990. The Morgan fingerprint density at radius 3 is 2.59 bits per heavy atom. The SMILES string of the molecule is O=S(=O)(NC[C@@](O)(c1cccs1)C1CC1)c1ccccc1Br. The Kier molecular flexibility index (Phi) is 4.44. The molecule has 1 aliphatic rings. The summed E-state index contributed by atoms with van der Waals surface area (Å²) in [6.45, 7) is -0.0121. The number of nitrogens with one attached hydrogen (secondary N) is 1. The topological polar surface area (TPSA) is 66.4 Å². The fourth-order valence-electron chi connectivity index (χ4n) is 2.46. The van der Waals surface area contributed by atoms with Crippen LogP contribution in [-0.2, 0) is 15.6 Å². The van der Waals surface area contributed by atoms with Crippen LogP contribution >= 0.6 is 27.3 Å². The van der Waals surface area contributed by atoms with Crippen LogP contribution in [0, 0.1) is 5.92 Å². The van der Waals surface area contributed by atoms with Gasteiger partial charge in [0.1, 0.15) is 5.60 Å². The van der Waals surface area contributed by atoms with E-state index in [1.165, 1.54) is 17.4 Å². The van der Waals surface area contributed by atoms with Crippen LogP contribution in [0.1, 0.15) is 17.7 Å². The van der Waals surface area contributed by atoms with Crippen molar-refractivity contribution in [2.45, 2.75) is 23.3 Å². The van der Waals surface area contributed by atoms with Gasteiger partial charge in [0, 0.05) is 15.9 Å². The average molecular weight is 402 g/mol. The first-order valence-corrected chi connectivity index (χ1v) is 10.1. The minimum absolute atomic E-state index is 0.0121. The summed E-state index contributed by atoms with van der Waals surface area (Å²) in [5.41, 5.74) is -1.12. The highest BCUT2D eigenvalue weighted by atomic mass is 79.9. The first-order chi connectivity index (χ1) is 10.4. The van der Waals surface area contributed by atoms with E-state index >= 15 is 0 Å². The summed E-state index contributed by atoms with van der Waals surface area (Å²) in [6.07, 6.45) is 1.84. The van der Waals surface area contributed by atoms with Crippen molar-refractivity contribution in [1.29, 1.82) is 0 Å². The van der Waals surface area contributed by atoms with E-state index in [1.54, 1.807) is 18.2 Å². The van der Waals surface area contributed by atoms with Gasteiger partial charge >= 0.3 is 0 Å². The van der Waals surface area contributed by atoms with Crippen molar-refractivity contribution >= 4 is 37.3 Å². The molecule has 1 atom stereocenters. The van der Waals surface area contributed by atoms with Crippen molar-refractivity contribution in [2.24, 2.45) is 5.92 Å². The minimum Gasteiger partial charge on any atom is -0.383 e. The van der Waals surface area contributed by atoms with Crippen LogP contribution in [-0.4, -0.2) is 20.1 Å². The highest BCUT2D eigenvalue weighted by Crippen LogP contribution is 2.46. The lowest BCUT2D eigenvalue weighted by Crippen LogP contribution is -2.42. The molecule has 0 bridgehead atoms.